The van der Waals surface area contributed by atoms with Crippen molar-refractivity contribution in [3.63, 3.8) is 0 Å². The number of hydrogen-bond acceptors (Lipinski definition) is 3. The van der Waals surface area contributed by atoms with Crippen molar-refractivity contribution >= 4 is 15.7 Å². The van der Waals surface area contributed by atoms with Crippen LogP contribution in [0.3, 0.4) is 0 Å². The molecule has 0 heterocycles. The van der Waals surface area contributed by atoms with Crippen LogP contribution in [0.4, 0.5) is 0 Å². The second kappa shape index (κ2) is 7.22. The van der Waals surface area contributed by atoms with Gasteiger partial charge in [-0.1, -0.05) is 12.2 Å². The average Bonchev–Trinajstić information content (AvgIpc) is 2.15. The molecule has 0 atom stereocenters. The molecule has 0 rings (SSSR count). The van der Waals surface area contributed by atoms with Crippen LogP contribution in [0.15, 0.2) is 25.3 Å². The SMILES string of the molecule is C=CCN(CC=C)C(=O)CCCS(C)(=O)=O. The zero-order chi connectivity index (χ0) is 12.6. The van der Waals surface area contributed by atoms with Crippen molar-refractivity contribution in [3.8, 4) is 0 Å². The third-order valence-electron chi connectivity index (χ3n) is 1.96. The number of nitrogens with zero attached hydrogens (tertiary/aromatic N) is 1. The Balaban J connectivity index is 4.10. The first kappa shape index (κ1) is 14.9. The van der Waals surface area contributed by atoms with Crippen molar-refractivity contribution in [1.29, 1.82) is 0 Å². The molecule has 4 nitrogen and oxygen atoms in total. The van der Waals surface area contributed by atoms with Gasteiger partial charge >= 0.3 is 0 Å². The molecule has 0 N–H and O–H groups in total. The minimum atomic E-state index is -2.98. The highest BCUT2D eigenvalue weighted by atomic mass is 32.2. The lowest BCUT2D eigenvalue weighted by Gasteiger charge is -2.18. The summed E-state index contributed by atoms with van der Waals surface area (Å²) in [5.41, 5.74) is 0. The highest BCUT2D eigenvalue weighted by Gasteiger charge is 2.11. The van der Waals surface area contributed by atoms with Crippen LogP contribution in [0.1, 0.15) is 12.8 Å². The first-order valence-electron chi connectivity index (χ1n) is 5.08. The minimum Gasteiger partial charge on any atom is -0.335 e. The molecule has 0 aromatic heterocycles. The fourth-order valence-electron chi connectivity index (χ4n) is 1.23. The lowest BCUT2D eigenvalue weighted by atomic mass is 10.3. The van der Waals surface area contributed by atoms with Gasteiger partial charge in [-0.2, -0.15) is 0 Å². The van der Waals surface area contributed by atoms with E-state index in [0.717, 1.165) is 0 Å². The van der Waals surface area contributed by atoms with E-state index in [-0.39, 0.29) is 18.1 Å². The van der Waals surface area contributed by atoms with Gasteiger partial charge in [0.1, 0.15) is 9.84 Å². The summed E-state index contributed by atoms with van der Waals surface area (Å²) in [6, 6.07) is 0. The summed E-state index contributed by atoms with van der Waals surface area (Å²) in [7, 11) is -2.98. The molecular weight excluding hydrogens is 226 g/mol. The van der Waals surface area contributed by atoms with Gasteiger partial charge in [0, 0.05) is 25.8 Å². The molecule has 0 aromatic carbocycles. The van der Waals surface area contributed by atoms with E-state index in [1.165, 1.54) is 6.26 Å². The quantitative estimate of drug-likeness (QED) is 0.600. The van der Waals surface area contributed by atoms with Gasteiger partial charge in [-0.3, -0.25) is 4.79 Å². The summed E-state index contributed by atoms with van der Waals surface area (Å²) in [5, 5.41) is 0. The summed E-state index contributed by atoms with van der Waals surface area (Å²) in [5.74, 6) is -0.0159. The second-order valence-corrected chi connectivity index (χ2v) is 5.87. The molecule has 0 bridgehead atoms. The monoisotopic (exact) mass is 245 g/mol. The number of carbonyl (C=O) groups excluding carboxylic acids is 1. The third kappa shape index (κ3) is 7.23. The Kier molecular flexibility index (Phi) is 6.72. The highest BCUT2D eigenvalue weighted by molar-refractivity contribution is 7.90. The molecule has 0 aliphatic rings. The van der Waals surface area contributed by atoms with Crippen molar-refractivity contribution in [2.75, 3.05) is 25.1 Å². The molecule has 0 aromatic rings. The Bertz CT molecular complexity index is 336. The van der Waals surface area contributed by atoms with Crippen LogP contribution >= 0.6 is 0 Å². The Labute approximate surface area is 97.6 Å². The standard InChI is InChI=1S/C11H19NO3S/c1-4-8-12(9-5-2)11(13)7-6-10-16(3,14)15/h4-5H,1-2,6-10H2,3H3. The van der Waals surface area contributed by atoms with Crippen molar-refractivity contribution in [2.24, 2.45) is 0 Å². The normalized spacial score (nSPS) is 10.8. The molecule has 1 amide bonds. The van der Waals surface area contributed by atoms with E-state index in [1.807, 2.05) is 0 Å². The van der Waals surface area contributed by atoms with Crippen LogP contribution in [0.25, 0.3) is 0 Å². The lowest BCUT2D eigenvalue weighted by molar-refractivity contribution is -0.130. The van der Waals surface area contributed by atoms with Crippen molar-refractivity contribution in [2.45, 2.75) is 12.8 Å². The Morgan fingerprint density at radius 2 is 1.75 bits per heavy atom. The number of amides is 1. The number of rotatable bonds is 8. The zero-order valence-corrected chi connectivity index (χ0v) is 10.5. The summed E-state index contributed by atoms with van der Waals surface area (Å²) >= 11 is 0. The molecule has 0 radical (unpaired) electrons. The van der Waals surface area contributed by atoms with E-state index < -0.39 is 9.84 Å². The van der Waals surface area contributed by atoms with E-state index in [1.54, 1.807) is 17.1 Å². The predicted molar refractivity (Wildman–Crippen MR) is 65.9 cm³/mol. The smallest absolute Gasteiger partial charge is 0.223 e. The van der Waals surface area contributed by atoms with Crippen LogP contribution in [0.5, 0.6) is 0 Å². The van der Waals surface area contributed by atoms with Crippen LogP contribution in [-0.4, -0.2) is 44.3 Å². The molecule has 5 heteroatoms. The van der Waals surface area contributed by atoms with Gasteiger partial charge in [0.25, 0.3) is 0 Å². The van der Waals surface area contributed by atoms with Crippen LogP contribution in [-0.2, 0) is 14.6 Å². The molecule has 0 aliphatic carbocycles. The topological polar surface area (TPSA) is 54.5 Å². The van der Waals surface area contributed by atoms with Gasteiger partial charge in [-0.15, -0.1) is 13.2 Å². The van der Waals surface area contributed by atoms with E-state index in [9.17, 15) is 13.2 Å². The van der Waals surface area contributed by atoms with E-state index in [2.05, 4.69) is 13.2 Å². The number of carbonyl (C=O) groups is 1. The maximum Gasteiger partial charge on any atom is 0.223 e. The molecule has 0 fully saturated rings. The van der Waals surface area contributed by atoms with Gasteiger partial charge in [0.05, 0.1) is 5.75 Å². The van der Waals surface area contributed by atoms with Crippen molar-refractivity contribution < 1.29 is 13.2 Å². The number of sulfone groups is 1. The van der Waals surface area contributed by atoms with Crippen molar-refractivity contribution in [3.05, 3.63) is 25.3 Å². The summed E-state index contributed by atoms with van der Waals surface area (Å²) < 4.78 is 21.8. The van der Waals surface area contributed by atoms with Crippen LogP contribution in [0.2, 0.25) is 0 Å². The van der Waals surface area contributed by atoms with E-state index >= 15 is 0 Å². The first-order valence-corrected chi connectivity index (χ1v) is 7.14. The second-order valence-electron chi connectivity index (χ2n) is 3.61. The molecule has 0 saturated heterocycles. The first-order chi connectivity index (χ1) is 7.40. The molecule has 92 valence electrons. The molecule has 0 saturated carbocycles. The van der Waals surface area contributed by atoms with Gasteiger partial charge < -0.3 is 4.90 Å². The van der Waals surface area contributed by atoms with Crippen molar-refractivity contribution in [1.82, 2.24) is 4.90 Å². The Morgan fingerprint density at radius 3 is 2.12 bits per heavy atom. The molecule has 16 heavy (non-hydrogen) atoms. The maximum atomic E-state index is 11.6. The predicted octanol–water partition coefficient (Wildman–Crippen LogP) is 1.01. The van der Waals surface area contributed by atoms with Gasteiger partial charge in [-0.25, -0.2) is 8.42 Å². The minimum absolute atomic E-state index is 0.0504. The lowest BCUT2D eigenvalue weighted by Crippen LogP contribution is -2.31. The fraction of sp³-hybridized carbons (Fsp3) is 0.545. The Morgan fingerprint density at radius 1 is 1.25 bits per heavy atom. The molecule has 0 aliphatic heterocycles. The molecule has 0 unspecified atom stereocenters. The van der Waals surface area contributed by atoms with Crippen LogP contribution in [0, 0.1) is 0 Å². The average molecular weight is 245 g/mol. The van der Waals surface area contributed by atoms with Crippen LogP contribution < -0.4 is 0 Å². The maximum absolute atomic E-state index is 11.6. The van der Waals surface area contributed by atoms with E-state index in [0.29, 0.717) is 19.5 Å². The van der Waals surface area contributed by atoms with E-state index in [4.69, 9.17) is 0 Å². The summed E-state index contributed by atoms with van der Waals surface area (Å²) in [6.45, 7) is 8.05. The largest absolute Gasteiger partial charge is 0.335 e. The highest BCUT2D eigenvalue weighted by Crippen LogP contribution is 2.01. The molecular formula is C11H19NO3S. The summed E-state index contributed by atoms with van der Waals surface area (Å²) in [4.78, 5) is 13.2. The Hall–Kier alpha value is -1.10. The number of hydrogen-bond donors (Lipinski definition) is 0. The fourth-order valence-corrected chi connectivity index (χ4v) is 1.90. The molecule has 0 spiro atoms. The van der Waals surface area contributed by atoms with Gasteiger partial charge in [0.15, 0.2) is 0 Å². The van der Waals surface area contributed by atoms with Gasteiger partial charge in [-0.05, 0) is 6.42 Å². The third-order valence-corrected chi connectivity index (χ3v) is 2.99. The zero-order valence-electron chi connectivity index (χ0n) is 9.68. The van der Waals surface area contributed by atoms with Gasteiger partial charge in [0.2, 0.25) is 5.91 Å². The summed E-state index contributed by atoms with van der Waals surface area (Å²) in [6.07, 6.45) is 5.05.